The first kappa shape index (κ1) is 12.9. The Morgan fingerprint density at radius 3 is 2.35 bits per heavy atom. The lowest BCUT2D eigenvalue weighted by molar-refractivity contribution is 0.818. The molecule has 0 spiro atoms. The first-order chi connectivity index (χ1) is 9.64. The predicted molar refractivity (Wildman–Crippen MR) is 81.0 cm³/mol. The second-order valence-electron chi connectivity index (χ2n) is 5.69. The van der Waals surface area contributed by atoms with Gasteiger partial charge < -0.3 is 5.73 Å². The first-order valence-electron chi connectivity index (χ1n) is 7.02. The lowest BCUT2D eigenvalue weighted by Crippen LogP contribution is -2.05. The molecule has 1 aliphatic rings. The molecule has 0 heterocycles. The number of nitrogens with zero attached hydrogens (tertiary/aromatic N) is 1. The molecule has 1 aliphatic carbocycles. The fourth-order valence-corrected chi connectivity index (χ4v) is 2.59. The molecule has 2 N–H and O–H groups in total. The zero-order chi connectivity index (χ0) is 14.2. The Hall–Kier alpha value is -2.11. The highest BCUT2D eigenvalue weighted by Gasteiger charge is 2.44. The van der Waals surface area contributed by atoms with Crippen LogP contribution >= 0.6 is 0 Å². The van der Waals surface area contributed by atoms with Crippen molar-refractivity contribution in [1.82, 2.24) is 0 Å². The monoisotopic (exact) mass is 262 g/mol. The molecule has 2 aromatic carbocycles. The molecule has 0 radical (unpaired) electrons. The number of nitrogens with two attached hydrogens (primary N) is 1. The van der Waals surface area contributed by atoms with Crippen molar-refractivity contribution in [3.8, 4) is 17.2 Å². The summed E-state index contributed by atoms with van der Waals surface area (Å²) < 4.78 is 0. The van der Waals surface area contributed by atoms with Crippen LogP contribution in [-0.2, 0) is 5.41 Å². The summed E-state index contributed by atoms with van der Waals surface area (Å²) >= 11 is 0. The van der Waals surface area contributed by atoms with Gasteiger partial charge in [-0.15, -0.1) is 0 Å². The van der Waals surface area contributed by atoms with Crippen LogP contribution in [0.2, 0.25) is 0 Å². The van der Waals surface area contributed by atoms with Crippen molar-refractivity contribution in [3.05, 3.63) is 59.7 Å². The van der Waals surface area contributed by atoms with Crippen LogP contribution in [-0.4, -0.2) is 0 Å². The molecule has 1 saturated carbocycles. The van der Waals surface area contributed by atoms with E-state index < -0.39 is 0 Å². The molecule has 0 bridgehead atoms. The number of rotatable bonds is 3. The predicted octanol–water partition coefficient (Wildman–Crippen LogP) is 3.93. The molecular weight excluding hydrogens is 244 g/mol. The van der Waals surface area contributed by atoms with Gasteiger partial charge >= 0.3 is 0 Å². The zero-order valence-corrected chi connectivity index (χ0v) is 11.6. The van der Waals surface area contributed by atoms with Gasteiger partial charge in [0.2, 0.25) is 0 Å². The third kappa shape index (κ3) is 2.21. The second-order valence-corrected chi connectivity index (χ2v) is 5.69. The molecule has 0 aliphatic heterocycles. The highest BCUT2D eigenvalue weighted by molar-refractivity contribution is 5.66. The van der Waals surface area contributed by atoms with Crippen LogP contribution in [0.3, 0.4) is 0 Å². The summed E-state index contributed by atoms with van der Waals surface area (Å²) in [6.45, 7) is 1.99. The number of hydrogen-bond donors (Lipinski definition) is 1. The van der Waals surface area contributed by atoms with Gasteiger partial charge in [0.1, 0.15) is 0 Å². The molecule has 1 atom stereocenters. The van der Waals surface area contributed by atoms with Gasteiger partial charge in [0.25, 0.3) is 0 Å². The summed E-state index contributed by atoms with van der Waals surface area (Å²) in [7, 11) is 0. The van der Waals surface area contributed by atoms with Crippen LogP contribution in [0.1, 0.15) is 36.9 Å². The highest BCUT2D eigenvalue weighted by Crippen LogP contribution is 2.48. The van der Waals surface area contributed by atoms with Crippen LogP contribution in [0.25, 0.3) is 11.1 Å². The molecule has 20 heavy (non-hydrogen) atoms. The van der Waals surface area contributed by atoms with Crippen molar-refractivity contribution in [2.75, 3.05) is 0 Å². The van der Waals surface area contributed by atoms with E-state index >= 15 is 0 Å². The summed E-state index contributed by atoms with van der Waals surface area (Å²) in [5.74, 6) is 0. The maximum Gasteiger partial charge on any atom is 0.0824 e. The third-order valence-electron chi connectivity index (χ3n) is 4.12. The second kappa shape index (κ2) is 4.77. The van der Waals surface area contributed by atoms with Gasteiger partial charge in [0.05, 0.1) is 11.5 Å². The van der Waals surface area contributed by atoms with Crippen LogP contribution < -0.4 is 5.73 Å². The average Bonchev–Trinajstić information content (AvgIpc) is 3.29. The number of benzene rings is 2. The molecule has 1 fully saturated rings. The molecule has 2 aromatic rings. The normalized spacial score (nSPS) is 17.2. The minimum absolute atomic E-state index is 0.0343. The van der Waals surface area contributed by atoms with E-state index in [-0.39, 0.29) is 11.5 Å². The van der Waals surface area contributed by atoms with Gasteiger partial charge in [0, 0.05) is 6.04 Å². The Morgan fingerprint density at radius 1 is 1.10 bits per heavy atom. The molecule has 0 saturated heterocycles. The van der Waals surface area contributed by atoms with E-state index in [1.807, 2.05) is 19.1 Å². The van der Waals surface area contributed by atoms with Gasteiger partial charge in [-0.2, -0.15) is 5.26 Å². The summed E-state index contributed by atoms with van der Waals surface area (Å²) in [5, 5.41) is 9.32. The quantitative estimate of drug-likeness (QED) is 0.911. The van der Waals surface area contributed by atoms with E-state index in [0.717, 1.165) is 35.1 Å². The van der Waals surface area contributed by atoms with E-state index in [1.165, 1.54) is 0 Å². The fourth-order valence-electron chi connectivity index (χ4n) is 2.59. The van der Waals surface area contributed by atoms with E-state index in [4.69, 9.17) is 5.73 Å². The van der Waals surface area contributed by atoms with Crippen LogP contribution in [0.15, 0.2) is 48.5 Å². The highest BCUT2D eigenvalue weighted by atomic mass is 14.6. The van der Waals surface area contributed by atoms with Crippen molar-refractivity contribution in [2.45, 2.75) is 31.2 Å². The Morgan fingerprint density at radius 2 is 1.75 bits per heavy atom. The maximum atomic E-state index is 9.32. The van der Waals surface area contributed by atoms with Crippen molar-refractivity contribution in [2.24, 2.45) is 5.73 Å². The molecule has 3 rings (SSSR count). The largest absolute Gasteiger partial charge is 0.324 e. The van der Waals surface area contributed by atoms with E-state index in [0.29, 0.717) is 0 Å². The minimum Gasteiger partial charge on any atom is -0.324 e. The van der Waals surface area contributed by atoms with Gasteiger partial charge in [-0.3, -0.25) is 0 Å². The van der Waals surface area contributed by atoms with E-state index in [1.54, 1.807) is 0 Å². The van der Waals surface area contributed by atoms with Crippen molar-refractivity contribution >= 4 is 0 Å². The first-order valence-corrected chi connectivity index (χ1v) is 7.02. The molecule has 0 aromatic heterocycles. The summed E-state index contributed by atoms with van der Waals surface area (Å²) in [6, 6.07) is 19.2. The topological polar surface area (TPSA) is 49.8 Å². The van der Waals surface area contributed by atoms with Crippen molar-refractivity contribution in [1.29, 1.82) is 5.26 Å². The smallest absolute Gasteiger partial charge is 0.0824 e. The van der Waals surface area contributed by atoms with Gasteiger partial charge in [-0.1, -0.05) is 36.4 Å². The van der Waals surface area contributed by atoms with E-state index in [9.17, 15) is 5.26 Å². The minimum atomic E-state index is -0.227. The Kier molecular flexibility index (Phi) is 3.08. The SMILES string of the molecule is C[C@H](N)c1cccc(-c2cccc(C3(C#N)CC3)c2)c1. The molecule has 0 unspecified atom stereocenters. The zero-order valence-electron chi connectivity index (χ0n) is 11.6. The fraction of sp³-hybridized carbons (Fsp3) is 0.278. The maximum absolute atomic E-state index is 9.32. The summed E-state index contributed by atoms with van der Waals surface area (Å²) in [4.78, 5) is 0. The molecular formula is C18H18N2. The van der Waals surface area contributed by atoms with Crippen LogP contribution in [0.5, 0.6) is 0 Å². The lowest BCUT2D eigenvalue weighted by atomic mass is 9.93. The average molecular weight is 262 g/mol. The van der Waals surface area contributed by atoms with Gasteiger partial charge in [-0.25, -0.2) is 0 Å². The summed E-state index contributed by atoms with van der Waals surface area (Å²) in [5.41, 5.74) is 10.3. The van der Waals surface area contributed by atoms with E-state index in [2.05, 4.69) is 42.5 Å². The molecule has 2 heteroatoms. The van der Waals surface area contributed by atoms with Crippen LogP contribution in [0.4, 0.5) is 0 Å². The van der Waals surface area contributed by atoms with Crippen molar-refractivity contribution in [3.63, 3.8) is 0 Å². The third-order valence-corrected chi connectivity index (χ3v) is 4.12. The van der Waals surface area contributed by atoms with Crippen LogP contribution in [0, 0.1) is 11.3 Å². The lowest BCUT2D eigenvalue weighted by Gasteiger charge is -2.11. The number of hydrogen-bond acceptors (Lipinski definition) is 2. The molecule has 2 nitrogen and oxygen atoms in total. The Balaban J connectivity index is 2.01. The molecule has 0 amide bonds. The van der Waals surface area contributed by atoms with Gasteiger partial charge in [-0.05, 0) is 54.2 Å². The van der Waals surface area contributed by atoms with Crippen molar-refractivity contribution < 1.29 is 0 Å². The Labute approximate surface area is 119 Å². The summed E-state index contributed by atoms with van der Waals surface area (Å²) in [6.07, 6.45) is 1.96. The number of nitriles is 1. The van der Waals surface area contributed by atoms with Gasteiger partial charge in [0.15, 0.2) is 0 Å². The standard InChI is InChI=1S/C18H18N2/c1-13(20)14-4-2-5-15(10-14)16-6-3-7-17(11-16)18(12-19)8-9-18/h2-7,10-11,13H,8-9,20H2,1H3/t13-/m0/s1. The molecule has 100 valence electrons. The Bertz CT molecular complexity index is 676.